The third-order valence-corrected chi connectivity index (χ3v) is 4.83. The Labute approximate surface area is 130 Å². The van der Waals surface area contributed by atoms with E-state index in [2.05, 4.69) is 15.9 Å². The van der Waals surface area contributed by atoms with Crippen LogP contribution in [0.15, 0.2) is 28.7 Å². The van der Waals surface area contributed by atoms with Crippen molar-refractivity contribution in [1.82, 2.24) is 4.90 Å². The second-order valence-corrected chi connectivity index (χ2v) is 8.35. The summed E-state index contributed by atoms with van der Waals surface area (Å²) in [6, 6.07) is 8.02. The molecule has 6 heteroatoms. The van der Waals surface area contributed by atoms with E-state index < -0.39 is 9.84 Å². The molecule has 2 unspecified atom stereocenters. The monoisotopic (exact) mass is 362 g/mol. The molecule has 2 atom stereocenters. The minimum Gasteiger partial charge on any atom is -0.326 e. The normalized spacial score (nSPS) is 15.3. The third kappa shape index (κ3) is 5.52. The largest absolute Gasteiger partial charge is 0.326 e. The van der Waals surface area contributed by atoms with Crippen molar-refractivity contribution in [3.05, 3.63) is 34.3 Å². The standard InChI is InChI=1S/C14H23BrN2O2S/c1-4-13(16)14(11-5-7-12(15)8-6-11)17(2)9-10-20(3,18)19/h5-8,13-14H,4,9-10,16H2,1-3H3. The molecular weight excluding hydrogens is 340 g/mol. The van der Waals surface area contributed by atoms with E-state index in [1.165, 1.54) is 6.26 Å². The summed E-state index contributed by atoms with van der Waals surface area (Å²) >= 11 is 3.42. The second-order valence-electron chi connectivity index (χ2n) is 5.18. The number of hydrogen-bond donors (Lipinski definition) is 1. The molecule has 0 fully saturated rings. The van der Waals surface area contributed by atoms with E-state index in [9.17, 15) is 8.42 Å². The van der Waals surface area contributed by atoms with Gasteiger partial charge in [0, 0.05) is 29.4 Å². The molecule has 0 spiro atoms. The van der Waals surface area contributed by atoms with Crippen molar-refractivity contribution in [2.24, 2.45) is 5.73 Å². The molecule has 4 nitrogen and oxygen atoms in total. The van der Waals surface area contributed by atoms with Gasteiger partial charge in [0.25, 0.3) is 0 Å². The van der Waals surface area contributed by atoms with Crippen molar-refractivity contribution >= 4 is 25.8 Å². The van der Waals surface area contributed by atoms with Crippen LogP contribution in [-0.4, -0.2) is 45.0 Å². The van der Waals surface area contributed by atoms with Crippen LogP contribution < -0.4 is 5.73 Å². The Morgan fingerprint density at radius 2 is 1.85 bits per heavy atom. The number of rotatable bonds is 7. The minimum atomic E-state index is -2.96. The fourth-order valence-corrected chi connectivity index (χ4v) is 3.04. The van der Waals surface area contributed by atoms with Gasteiger partial charge in [0.05, 0.1) is 5.75 Å². The minimum absolute atomic E-state index is 0.0230. The number of hydrogen-bond acceptors (Lipinski definition) is 4. The molecule has 0 heterocycles. The van der Waals surface area contributed by atoms with E-state index in [0.717, 1.165) is 16.5 Å². The molecule has 114 valence electrons. The SMILES string of the molecule is CCC(N)C(c1ccc(Br)cc1)N(C)CCS(C)(=O)=O. The molecule has 0 aliphatic carbocycles. The van der Waals surface area contributed by atoms with Crippen LogP contribution in [0.2, 0.25) is 0 Å². The summed E-state index contributed by atoms with van der Waals surface area (Å²) in [5.41, 5.74) is 7.33. The van der Waals surface area contributed by atoms with Crippen LogP contribution in [0.5, 0.6) is 0 Å². The third-order valence-electron chi connectivity index (χ3n) is 3.38. The predicted octanol–water partition coefficient (Wildman–Crippen LogP) is 2.20. The van der Waals surface area contributed by atoms with Crippen molar-refractivity contribution in [3.8, 4) is 0 Å². The molecule has 0 aliphatic rings. The van der Waals surface area contributed by atoms with Gasteiger partial charge in [0.2, 0.25) is 0 Å². The predicted molar refractivity (Wildman–Crippen MR) is 87.5 cm³/mol. The molecule has 0 saturated heterocycles. The highest BCUT2D eigenvalue weighted by Crippen LogP contribution is 2.25. The van der Waals surface area contributed by atoms with E-state index in [1.807, 2.05) is 43.1 Å². The van der Waals surface area contributed by atoms with Crippen molar-refractivity contribution in [3.63, 3.8) is 0 Å². The summed E-state index contributed by atoms with van der Waals surface area (Å²) in [6.07, 6.45) is 2.10. The molecule has 0 aliphatic heterocycles. The Morgan fingerprint density at radius 3 is 2.30 bits per heavy atom. The molecule has 2 N–H and O–H groups in total. The van der Waals surface area contributed by atoms with Gasteiger partial charge in [-0.3, -0.25) is 4.90 Å². The molecule has 1 aromatic carbocycles. The lowest BCUT2D eigenvalue weighted by Crippen LogP contribution is -2.40. The van der Waals surface area contributed by atoms with Gasteiger partial charge >= 0.3 is 0 Å². The maximum atomic E-state index is 11.3. The van der Waals surface area contributed by atoms with E-state index in [1.54, 1.807) is 0 Å². The lowest BCUT2D eigenvalue weighted by atomic mass is 9.97. The molecule has 0 bridgehead atoms. The smallest absolute Gasteiger partial charge is 0.148 e. The van der Waals surface area contributed by atoms with Crippen LogP contribution in [0, 0.1) is 0 Å². The lowest BCUT2D eigenvalue weighted by molar-refractivity contribution is 0.220. The van der Waals surface area contributed by atoms with Gasteiger partial charge in [-0.05, 0) is 31.2 Å². The van der Waals surface area contributed by atoms with Crippen molar-refractivity contribution in [2.75, 3.05) is 25.6 Å². The molecular formula is C14H23BrN2O2S. The molecule has 0 aromatic heterocycles. The van der Waals surface area contributed by atoms with E-state index in [4.69, 9.17) is 5.73 Å². The number of nitrogens with zero attached hydrogens (tertiary/aromatic N) is 1. The van der Waals surface area contributed by atoms with Gasteiger partial charge in [-0.2, -0.15) is 0 Å². The first-order valence-corrected chi connectivity index (χ1v) is 9.49. The van der Waals surface area contributed by atoms with Crippen LogP contribution >= 0.6 is 15.9 Å². The average Bonchev–Trinajstić information content (AvgIpc) is 2.38. The molecule has 20 heavy (non-hydrogen) atoms. The molecule has 0 radical (unpaired) electrons. The topological polar surface area (TPSA) is 63.4 Å². The summed E-state index contributed by atoms with van der Waals surface area (Å²) in [5.74, 6) is 0.146. The van der Waals surface area contributed by atoms with Gasteiger partial charge in [-0.25, -0.2) is 8.42 Å². The molecule has 1 rings (SSSR count). The fraction of sp³-hybridized carbons (Fsp3) is 0.571. The number of sulfone groups is 1. The Hall–Kier alpha value is -0.430. The summed E-state index contributed by atoms with van der Waals surface area (Å²) in [7, 11) is -1.04. The van der Waals surface area contributed by atoms with Crippen molar-refractivity contribution in [1.29, 1.82) is 0 Å². The first kappa shape index (κ1) is 17.6. The van der Waals surface area contributed by atoms with Crippen molar-refractivity contribution in [2.45, 2.75) is 25.4 Å². The quantitative estimate of drug-likeness (QED) is 0.807. The van der Waals surface area contributed by atoms with Crippen LogP contribution in [0.1, 0.15) is 24.9 Å². The summed E-state index contributed by atoms with van der Waals surface area (Å²) in [4.78, 5) is 2.03. The summed E-state index contributed by atoms with van der Waals surface area (Å²) < 4.78 is 23.6. The zero-order valence-electron chi connectivity index (χ0n) is 12.2. The zero-order chi connectivity index (χ0) is 15.3. The molecule has 0 saturated carbocycles. The van der Waals surface area contributed by atoms with Crippen LogP contribution in [-0.2, 0) is 9.84 Å². The Balaban J connectivity index is 2.91. The van der Waals surface area contributed by atoms with Gasteiger partial charge in [0.15, 0.2) is 0 Å². The zero-order valence-corrected chi connectivity index (χ0v) is 14.6. The van der Waals surface area contributed by atoms with Crippen LogP contribution in [0.3, 0.4) is 0 Å². The molecule has 1 aromatic rings. The second kappa shape index (κ2) is 7.54. The van der Waals surface area contributed by atoms with E-state index in [0.29, 0.717) is 6.54 Å². The molecule has 0 amide bonds. The fourth-order valence-electron chi connectivity index (χ4n) is 2.16. The first-order valence-electron chi connectivity index (χ1n) is 6.63. The van der Waals surface area contributed by atoms with E-state index in [-0.39, 0.29) is 17.8 Å². The van der Waals surface area contributed by atoms with Crippen molar-refractivity contribution < 1.29 is 8.42 Å². The van der Waals surface area contributed by atoms with Gasteiger partial charge in [-0.1, -0.05) is 35.0 Å². The Morgan fingerprint density at radius 1 is 1.30 bits per heavy atom. The highest BCUT2D eigenvalue weighted by Gasteiger charge is 2.23. The van der Waals surface area contributed by atoms with Crippen LogP contribution in [0.4, 0.5) is 0 Å². The lowest BCUT2D eigenvalue weighted by Gasteiger charge is -2.32. The summed E-state index contributed by atoms with van der Waals surface area (Å²) in [5, 5.41) is 0. The summed E-state index contributed by atoms with van der Waals surface area (Å²) in [6.45, 7) is 2.52. The maximum Gasteiger partial charge on any atom is 0.148 e. The number of benzene rings is 1. The number of likely N-dealkylation sites (N-methyl/N-ethyl adjacent to an activating group) is 1. The highest BCUT2D eigenvalue weighted by atomic mass is 79.9. The van der Waals surface area contributed by atoms with Gasteiger partial charge in [-0.15, -0.1) is 0 Å². The first-order chi connectivity index (χ1) is 9.24. The Kier molecular flexibility index (Phi) is 6.64. The maximum absolute atomic E-state index is 11.3. The van der Waals surface area contributed by atoms with E-state index >= 15 is 0 Å². The average molecular weight is 363 g/mol. The van der Waals surface area contributed by atoms with Crippen LogP contribution in [0.25, 0.3) is 0 Å². The van der Waals surface area contributed by atoms with Gasteiger partial charge < -0.3 is 5.73 Å². The number of halogens is 1. The number of nitrogens with two attached hydrogens (primary N) is 1. The van der Waals surface area contributed by atoms with Gasteiger partial charge in [0.1, 0.15) is 9.84 Å². The highest BCUT2D eigenvalue weighted by molar-refractivity contribution is 9.10. The Bertz CT molecular complexity index is 516.